The normalized spacial score (nSPS) is 14.3. The monoisotopic (exact) mass is 394 g/mol. The van der Waals surface area contributed by atoms with Gasteiger partial charge in [-0.1, -0.05) is 29.5 Å². The second-order valence-electron chi connectivity index (χ2n) is 7.55. The lowest BCUT2D eigenvalue weighted by Crippen LogP contribution is -2.36. The molecule has 0 radical (unpaired) electrons. The minimum Gasteiger partial charge on any atom is -0.488 e. The number of nitrogens with zero attached hydrogens (tertiary/aromatic N) is 3. The van der Waals surface area contributed by atoms with Gasteiger partial charge in [-0.25, -0.2) is 4.68 Å². The molecule has 1 aliphatic rings. The van der Waals surface area contributed by atoms with E-state index in [0.717, 1.165) is 22.4 Å². The van der Waals surface area contributed by atoms with Crippen LogP contribution in [0.15, 0.2) is 47.3 Å². The Morgan fingerprint density at radius 1 is 1.24 bits per heavy atom. The zero-order valence-corrected chi connectivity index (χ0v) is 16.3. The van der Waals surface area contributed by atoms with E-state index in [0.29, 0.717) is 23.2 Å². The van der Waals surface area contributed by atoms with E-state index in [4.69, 9.17) is 9.47 Å². The molecule has 4 rings (SSSR count). The van der Waals surface area contributed by atoms with E-state index < -0.39 is 0 Å². The van der Waals surface area contributed by atoms with Gasteiger partial charge in [0.15, 0.2) is 11.5 Å². The number of rotatable bonds is 6. The van der Waals surface area contributed by atoms with Gasteiger partial charge in [0, 0.05) is 12.0 Å². The van der Waals surface area contributed by atoms with Gasteiger partial charge in [-0.15, -0.1) is 5.10 Å². The lowest BCUT2D eigenvalue weighted by atomic mass is 10.0. The molecule has 8 nitrogen and oxygen atoms in total. The quantitative estimate of drug-likeness (QED) is 0.640. The summed E-state index contributed by atoms with van der Waals surface area (Å²) in [6, 6.07) is 12.7. The highest BCUT2D eigenvalue weighted by Crippen LogP contribution is 2.41. The fourth-order valence-electron chi connectivity index (χ4n) is 3.37. The molecule has 0 unspecified atom stereocenters. The summed E-state index contributed by atoms with van der Waals surface area (Å²) in [5, 5.41) is 10.9. The molecule has 1 aromatic heterocycles. The molecule has 0 fully saturated rings. The minimum absolute atomic E-state index is 0.200. The molecule has 1 aliphatic heterocycles. The SMILES string of the molecule is CC1(C)Cc2cccc(OCCNC(=O)Cn3nnc4ccccc4c3=O)c2O1. The molecular formula is C21H22N4O4. The van der Waals surface area contributed by atoms with Crippen LogP contribution in [0, 0.1) is 0 Å². The summed E-state index contributed by atoms with van der Waals surface area (Å²) in [4.78, 5) is 24.5. The first-order chi connectivity index (χ1) is 13.9. The summed E-state index contributed by atoms with van der Waals surface area (Å²) in [6.07, 6.45) is 0.831. The van der Waals surface area contributed by atoms with Crippen LogP contribution < -0.4 is 20.3 Å². The third-order valence-electron chi connectivity index (χ3n) is 4.66. The molecule has 8 heteroatoms. The van der Waals surface area contributed by atoms with Crippen LogP contribution >= 0.6 is 0 Å². The van der Waals surface area contributed by atoms with Crippen LogP contribution in [0.4, 0.5) is 0 Å². The van der Waals surface area contributed by atoms with Crippen molar-refractivity contribution in [3.63, 3.8) is 0 Å². The molecule has 3 aromatic rings. The molecule has 1 amide bonds. The Balaban J connectivity index is 1.31. The van der Waals surface area contributed by atoms with Gasteiger partial charge >= 0.3 is 0 Å². The number of para-hydroxylation sites is 1. The van der Waals surface area contributed by atoms with Crippen LogP contribution in [-0.4, -0.2) is 39.7 Å². The summed E-state index contributed by atoms with van der Waals surface area (Å²) < 4.78 is 12.8. The van der Waals surface area contributed by atoms with Crippen LogP contribution in [0.25, 0.3) is 10.9 Å². The number of nitrogens with one attached hydrogen (secondary N) is 1. The fourth-order valence-corrected chi connectivity index (χ4v) is 3.37. The molecular weight excluding hydrogens is 372 g/mol. The van der Waals surface area contributed by atoms with E-state index in [9.17, 15) is 9.59 Å². The molecule has 29 heavy (non-hydrogen) atoms. The molecule has 150 valence electrons. The highest BCUT2D eigenvalue weighted by atomic mass is 16.5. The maximum atomic E-state index is 12.4. The Labute approximate surface area is 167 Å². The molecule has 0 saturated heterocycles. The van der Waals surface area contributed by atoms with Crippen molar-refractivity contribution in [1.82, 2.24) is 20.3 Å². The highest BCUT2D eigenvalue weighted by Gasteiger charge is 2.32. The van der Waals surface area contributed by atoms with Crippen LogP contribution in [0.5, 0.6) is 11.5 Å². The van der Waals surface area contributed by atoms with Gasteiger partial charge in [0.05, 0.1) is 11.9 Å². The molecule has 0 saturated carbocycles. The Morgan fingerprint density at radius 3 is 2.93 bits per heavy atom. The molecule has 0 spiro atoms. The third kappa shape index (κ3) is 4.06. The van der Waals surface area contributed by atoms with Crippen molar-refractivity contribution in [2.75, 3.05) is 13.2 Å². The van der Waals surface area contributed by atoms with Gasteiger partial charge in [-0.3, -0.25) is 9.59 Å². The average molecular weight is 394 g/mol. The summed E-state index contributed by atoms with van der Waals surface area (Å²) in [5.74, 6) is 1.09. The van der Waals surface area contributed by atoms with E-state index in [1.165, 1.54) is 0 Å². The van der Waals surface area contributed by atoms with Crippen molar-refractivity contribution in [3.8, 4) is 11.5 Å². The fraction of sp³-hybridized carbons (Fsp3) is 0.333. The summed E-state index contributed by atoms with van der Waals surface area (Å²) >= 11 is 0. The van der Waals surface area contributed by atoms with Gasteiger partial charge in [0.2, 0.25) is 5.91 Å². The number of fused-ring (bicyclic) bond motifs is 2. The van der Waals surface area contributed by atoms with Crippen molar-refractivity contribution in [3.05, 3.63) is 58.4 Å². The van der Waals surface area contributed by atoms with Crippen molar-refractivity contribution in [2.24, 2.45) is 0 Å². The smallest absolute Gasteiger partial charge is 0.278 e. The maximum Gasteiger partial charge on any atom is 0.278 e. The first kappa shape index (κ1) is 18.9. The first-order valence-electron chi connectivity index (χ1n) is 9.46. The first-order valence-corrected chi connectivity index (χ1v) is 9.46. The molecule has 0 bridgehead atoms. The summed E-state index contributed by atoms with van der Waals surface area (Å²) in [5.41, 5.74) is 1.03. The van der Waals surface area contributed by atoms with Crippen LogP contribution in [0.3, 0.4) is 0 Å². The minimum atomic E-state index is -0.346. The topological polar surface area (TPSA) is 95.3 Å². The van der Waals surface area contributed by atoms with Gasteiger partial charge in [0.1, 0.15) is 24.3 Å². The Hall–Kier alpha value is -3.42. The van der Waals surface area contributed by atoms with Crippen LogP contribution in [-0.2, 0) is 17.8 Å². The number of hydrogen-bond acceptors (Lipinski definition) is 6. The zero-order valence-electron chi connectivity index (χ0n) is 16.3. The predicted octanol–water partition coefficient (Wildman–Crippen LogP) is 1.70. The number of ether oxygens (including phenoxy) is 2. The van der Waals surface area contributed by atoms with Gasteiger partial charge in [-0.2, -0.15) is 0 Å². The Morgan fingerprint density at radius 2 is 2.07 bits per heavy atom. The maximum absolute atomic E-state index is 12.4. The average Bonchev–Trinajstić information content (AvgIpc) is 3.02. The molecule has 2 aromatic carbocycles. The van der Waals surface area contributed by atoms with Crippen molar-refractivity contribution >= 4 is 16.8 Å². The van der Waals surface area contributed by atoms with Gasteiger partial charge in [-0.05, 0) is 32.0 Å². The second kappa shape index (κ2) is 7.54. The third-order valence-corrected chi connectivity index (χ3v) is 4.66. The summed E-state index contributed by atoms with van der Waals surface area (Å²) in [7, 11) is 0. The lowest BCUT2D eigenvalue weighted by molar-refractivity contribution is -0.122. The zero-order chi connectivity index (χ0) is 20.4. The van der Waals surface area contributed by atoms with Gasteiger partial charge < -0.3 is 14.8 Å². The lowest BCUT2D eigenvalue weighted by Gasteiger charge is -2.18. The van der Waals surface area contributed by atoms with Crippen molar-refractivity contribution in [1.29, 1.82) is 0 Å². The number of aromatic nitrogens is 3. The van der Waals surface area contributed by atoms with E-state index in [1.54, 1.807) is 24.3 Å². The molecule has 0 atom stereocenters. The van der Waals surface area contributed by atoms with Crippen LogP contribution in [0.1, 0.15) is 19.4 Å². The largest absolute Gasteiger partial charge is 0.488 e. The van der Waals surface area contributed by atoms with E-state index >= 15 is 0 Å². The number of hydrogen-bond donors (Lipinski definition) is 1. The predicted molar refractivity (Wildman–Crippen MR) is 107 cm³/mol. The Bertz CT molecular complexity index is 1120. The standard InChI is InChI=1S/C21H22N4O4/c1-21(2)12-14-6-5-9-17(19(14)29-21)28-11-10-22-18(26)13-25-20(27)15-7-3-4-8-16(15)23-24-25/h3-9H,10-13H2,1-2H3,(H,22,26). The molecule has 0 aliphatic carbocycles. The number of carbonyl (C=O) groups is 1. The number of amides is 1. The molecule has 1 N–H and O–H groups in total. The van der Waals surface area contributed by atoms with Crippen molar-refractivity contribution in [2.45, 2.75) is 32.4 Å². The number of benzene rings is 2. The Kier molecular flexibility index (Phi) is 4.92. The second-order valence-corrected chi connectivity index (χ2v) is 7.55. The number of carbonyl (C=O) groups excluding carboxylic acids is 1. The van der Waals surface area contributed by atoms with Crippen LogP contribution in [0.2, 0.25) is 0 Å². The van der Waals surface area contributed by atoms with E-state index in [1.807, 2.05) is 32.0 Å². The summed E-state index contributed by atoms with van der Waals surface area (Å²) in [6.45, 7) is 4.45. The van der Waals surface area contributed by atoms with E-state index in [-0.39, 0.29) is 30.2 Å². The molecule has 2 heterocycles. The van der Waals surface area contributed by atoms with E-state index in [2.05, 4.69) is 15.6 Å². The highest BCUT2D eigenvalue weighted by molar-refractivity contribution is 5.78. The van der Waals surface area contributed by atoms with Crippen molar-refractivity contribution < 1.29 is 14.3 Å². The van der Waals surface area contributed by atoms with Gasteiger partial charge in [0.25, 0.3) is 5.56 Å².